The van der Waals surface area contributed by atoms with E-state index < -0.39 is 49.8 Å². The topological polar surface area (TPSA) is 106 Å². The number of thiazole rings is 1. The molecule has 0 radical (unpaired) electrons. The first-order valence-electron chi connectivity index (χ1n) is 12.2. The number of sulfonamides is 1. The van der Waals surface area contributed by atoms with Gasteiger partial charge in [0.25, 0.3) is 10.0 Å². The lowest BCUT2D eigenvalue weighted by Gasteiger charge is -2.25. The fourth-order valence-electron chi connectivity index (χ4n) is 4.56. The van der Waals surface area contributed by atoms with Gasteiger partial charge >= 0.3 is 12.1 Å². The monoisotopic (exact) mass is 598 g/mol. The highest BCUT2D eigenvalue weighted by Crippen LogP contribution is 2.42. The Kier molecular flexibility index (Phi) is 8.27. The third-order valence-electron chi connectivity index (χ3n) is 6.84. The maximum atomic E-state index is 14.2. The number of rotatable bonds is 8. The summed E-state index contributed by atoms with van der Waals surface area (Å²) >= 11 is 0.707. The van der Waals surface area contributed by atoms with Gasteiger partial charge in [0.1, 0.15) is 16.6 Å². The average Bonchev–Trinajstić information content (AvgIpc) is 3.39. The van der Waals surface area contributed by atoms with Crippen molar-refractivity contribution in [1.29, 1.82) is 0 Å². The van der Waals surface area contributed by atoms with E-state index in [-0.39, 0.29) is 16.3 Å². The molecule has 4 rings (SSSR count). The minimum atomic E-state index is -4.72. The van der Waals surface area contributed by atoms with E-state index in [0.717, 1.165) is 43.0 Å². The number of carboxylic acid groups (broad SMARTS) is 1. The normalized spacial score (nSPS) is 16.1. The molecule has 0 fully saturated rings. The molecule has 40 heavy (non-hydrogen) atoms. The van der Waals surface area contributed by atoms with Crippen molar-refractivity contribution in [2.45, 2.75) is 44.3 Å². The van der Waals surface area contributed by atoms with Crippen LogP contribution in [0.5, 0.6) is 5.75 Å². The number of hydrogen-bond donors (Lipinski definition) is 2. The second-order valence-corrected chi connectivity index (χ2v) is 12.2. The zero-order valence-electron chi connectivity index (χ0n) is 21.7. The number of aromatic carboxylic acids is 1. The van der Waals surface area contributed by atoms with Gasteiger partial charge in [-0.2, -0.15) is 21.6 Å². The van der Waals surface area contributed by atoms with Gasteiger partial charge < -0.3 is 9.84 Å². The van der Waals surface area contributed by atoms with Crippen molar-refractivity contribution in [1.82, 2.24) is 4.98 Å². The van der Waals surface area contributed by atoms with Gasteiger partial charge in [-0.1, -0.05) is 32.1 Å². The molecule has 214 valence electrons. The number of alkyl halides is 3. The fourth-order valence-corrected chi connectivity index (χ4v) is 6.75. The van der Waals surface area contributed by atoms with E-state index in [0.29, 0.717) is 41.2 Å². The largest absolute Gasteiger partial charge is 0.495 e. The second kappa shape index (κ2) is 11.2. The second-order valence-electron chi connectivity index (χ2n) is 9.70. The van der Waals surface area contributed by atoms with Crippen molar-refractivity contribution in [2.24, 2.45) is 11.8 Å². The first-order valence-corrected chi connectivity index (χ1v) is 14.6. The summed E-state index contributed by atoms with van der Waals surface area (Å²) in [4.78, 5) is 15.1. The summed E-state index contributed by atoms with van der Waals surface area (Å²) in [7, 11) is -3.37. The maximum absolute atomic E-state index is 14.2. The third kappa shape index (κ3) is 6.15. The van der Waals surface area contributed by atoms with Crippen LogP contribution >= 0.6 is 11.3 Å². The number of aromatic nitrogens is 1. The van der Waals surface area contributed by atoms with E-state index >= 15 is 0 Å². The molecule has 3 aromatic rings. The zero-order chi connectivity index (χ0) is 29.4. The summed E-state index contributed by atoms with van der Waals surface area (Å²) in [6.07, 6.45) is -0.377. The minimum absolute atomic E-state index is 0.170. The molecule has 1 unspecified atom stereocenters. The van der Waals surface area contributed by atoms with Crippen molar-refractivity contribution in [3.05, 3.63) is 64.3 Å². The van der Waals surface area contributed by atoms with Gasteiger partial charge in [0.15, 0.2) is 5.03 Å². The van der Waals surface area contributed by atoms with Gasteiger partial charge in [-0.15, -0.1) is 11.3 Å². The van der Waals surface area contributed by atoms with Crippen molar-refractivity contribution in [3.8, 4) is 16.3 Å². The first kappa shape index (κ1) is 29.5. The molecule has 1 atom stereocenters. The number of hydrogen-bond acceptors (Lipinski definition) is 6. The van der Waals surface area contributed by atoms with E-state index in [2.05, 4.69) is 23.6 Å². The van der Waals surface area contributed by atoms with Crippen molar-refractivity contribution in [3.63, 3.8) is 0 Å². The molecule has 7 nitrogen and oxygen atoms in total. The Morgan fingerprint density at radius 3 is 2.52 bits per heavy atom. The summed E-state index contributed by atoms with van der Waals surface area (Å²) in [6.45, 7) is 4.25. The van der Waals surface area contributed by atoms with Crippen LogP contribution < -0.4 is 9.46 Å². The predicted molar refractivity (Wildman–Crippen MR) is 143 cm³/mol. The highest BCUT2D eigenvalue weighted by atomic mass is 32.2. The smallest absolute Gasteiger partial charge is 0.417 e. The third-order valence-corrected chi connectivity index (χ3v) is 9.12. The molecule has 0 aliphatic heterocycles. The number of carbonyl (C=O) groups is 1. The van der Waals surface area contributed by atoms with Crippen LogP contribution in [0.3, 0.4) is 0 Å². The highest BCUT2D eigenvalue weighted by molar-refractivity contribution is 7.92. The van der Waals surface area contributed by atoms with Gasteiger partial charge in [-0.25, -0.2) is 14.2 Å². The molecular formula is C27H26F4N2O5S2. The maximum Gasteiger partial charge on any atom is 0.417 e. The van der Waals surface area contributed by atoms with Crippen molar-refractivity contribution < 1.29 is 40.6 Å². The van der Waals surface area contributed by atoms with Gasteiger partial charge in [0, 0.05) is 17.0 Å². The Labute approximate surface area is 232 Å². The Morgan fingerprint density at radius 2 is 1.95 bits per heavy atom. The van der Waals surface area contributed by atoms with E-state index in [1.54, 1.807) is 6.07 Å². The van der Waals surface area contributed by atoms with Crippen LogP contribution in [0, 0.1) is 17.7 Å². The number of nitrogens with one attached hydrogen (secondary N) is 1. The van der Waals surface area contributed by atoms with E-state index in [1.807, 2.05) is 6.08 Å². The van der Waals surface area contributed by atoms with Crippen LogP contribution in [0.4, 0.5) is 23.2 Å². The molecule has 2 N–H and O–H groups in total. The molecule has 0 saturated heterocycles. The van der Waals surface area contributed by atoms with Crippen LogP contribution in [0.1, 0.15) is 54.6 Å². The molecule has 0 saturated carbocycles. The first-order chi connectivity index (χ1) is 18.7. The minimum Gasteiger partial charge on any atom is -0.495 e. The number of anilines is 1. The Morgan fingerprint density at radius 1 is 1.23 bits per heavy atom. The molecule has 1 heterocycles. The van der Waals surface area contributed by atoms with Crippen LogP contribution in [0.2, 0.25) is 0 Å². The predicted octanol–water partition coefficient (Wildman–Crippen LogP) is 7.32. The van der Waals surface area contributed by atoms with Crippen LogP contribution in [-0.2, 0) is 16.2 Å². The Hall–Kier alpha value is -3.45. The molecule has 0 spiro atoms. The number of nitrogens with zero attached hydrogens (tertiary/aromatic N) is 1. The number of carboxylic acids is 1. The lowest BCUT2D eigenvalue weighted by Crippen LogP contribution is -2.15. The Bertz CT molecular complexity index is 1580. The standard InChI is InChI=1S/C27H26F4N2O5S2/c1-14(2)15-4-6-16(7-5-15)17-8-9-18(20(10-17)27(29,30)31)25-32-24(13-39-25)40(36,37)33-22-12-21(28)19(26(34)35)11-23(22)38-3/h6,8-15,33H,4-5,7H2,1-3H3,(H,34,35). The molecule has 2 aromatic carbocycles. The zero-order valence-corrected chi connectivity index (χ0v) is 23.3. The number of halogens is 4. The van der Waals surface area contributed by atoms with E-state index in [1.165, 1.54) is 6.07 Å². The van der Waals surface area contributed by atoms with Crippen LogP contribution in [-0.4, -0.2) is 31.6 Å². The summed E-state index contributed by atoms with van der Waals surface area (Å²) in [5.41, 5.74) is -1.04. The summed E-state index contributed by atoms with van der Waals surface area (Å²) in [5, 5.41) is 9.37. The molecule has 1 aliphatic carbocycles. The SMILES string of the molecule is COc1cc(C(=O)O)c(F)cc1NS(=O)(=O)c1csc(-c2ccc(C3=CCC(C(C)C)CC3)cc2C(F)(F)F)n1. The number of methoxy groups -OCH3 is 1. The molecule has 1 aliphatic rings. The number of benzene rings is 2. The van der Waals surface area contributed by atoms with Gasteiger partial charge in [0.05, 0.1) is 23.9 Å². The van der Waals surface area contributed by atoms with Crippen LogP contribution in [0.25, 0.3) is 16.1 Å². The van der Waals surface area contributed by atoms with E-state index in [9.17, 15) is 30.8 Å². The van der Waals surface area contributed by atoms with Gasteiger partial charge in [-0.05, 0) is 54.4 Å². The van der Waals surface area contributed by atoms with Gasteiger partial charge in [-0.3, -0.25) is 4.72 Å². The summed E-state index contributed by atoms with van der Waals surface area (Å²) < 4.78 is 89.6. The highest BCUT2D eigenvalue weighted by Gasteiger charge is 2.35. The van der Waals surface area contributed by atoms with Crippen molar-refractivity contribution in [2.75, 3.05) is 11.8 Å². The lowest BCUT2D eigenvalue weighted by molar-refractivity contribution is -0.137. The summed E-state index contributed by atoms with van der Waals surface area (Å²) in [5.74, 6) is -2.10. The number of ether oxygens (including phenoxy) is 1. The molecule has 0 bridgehead atoms. The van der Waals surface area contributed by atoms with E-state index in [4.69, 9.17) is 9.84 Å². The molecule has 0 amide bonds. The summed E-state index contributed by atoms with van der Waals surface area (Å²) in [6, 6.07) is 5.39. The molecule has 1 aromatic heterocycles. The fraction of sp³-hybridized carbons (Fsp3) is 0.333. The number of allylic oxidation sites excluding steroid dienone is 2. The molecular weight excluding hydrogens is 572 g/mol. The molecule has 13 heteroatoms. The Balaban J connectivity index is 1.66. The van der Waals surface area contributed by atoms with Crippen LogP contribution in [0.15, 0.2) is 46.8 Å². The average molecular weight is 599 g/mol. The lowest BCUT2D eigenvalue weighted by atomic mass is 9.80. The van der Waals surface area contributed by atoms with Crippen molar-refractivity contribution >= 4 is 38.6 Å². The quantitative estimate of drug-likeness (QED) is 0.263. The van der Waals surface area contributed by atoms with Gasteiger partial charge in [0.2, 0.25) is 0 Å².